The molecule has 1 aliphatic rings. The topological polar surface area (TPSA) is 75.4 Å². The third kappa shape index (κ3) is 6.57. The number of carbonyl (C=O) groups is 2. The van der Waals surface area contributed by atoms with Gasteiger partial charge in [0, 0.05) is 13.0 Å². The second-order valence-electron chi connectivity index (χ2n) is 5.89. The second kappa shape index (κ2) is 8.15. The number of nitrogens with two attached hydrogens (primary N) is 1. The summed E-state index contributed by atoms with van der Waals surface area (Å²) in [5.41, 5.74) is 5.20. The maximum absolute atomic E-state index is 12.2. The minimum absolute atomic E-state index is 0.0416. The molecule has 5 nitrogen and oxygen atoms in total. The standard InChI is InChI=1S/C14H27N3O2/c1-11(2)9-17(10-13(15)18)14(19)6-5-12-4-3-7-16-8-12/h11-12,16H,3-10H2,1-2H3,(H2,15,18). The van der Waals surface area contributed by atoms with Gasteiger partial charge in [-0.15, -0.1) is 0 Å². The van der Waals surface area contributed by atoms with Gasteiger partial charge in [-0.2, -0.15) is 0 Å². The third-order valence-electron chi connectivity index (χ3n) is 3.45. The molecule has 0 aromatic heterocycles. The molecular weight excluding hydrogens is 242 g/mol. The minimum atomic E-state index is -0.437. The van der Waals surface area contributed by atoms with Crippen LogP contribution in [0.5, 0.6) is 0 Å². The zero-order valence-corrected chi connectivity index (χ0v) is 12.2. The van der Waals surface area contributed by atoms with Crippen LogP contribution in [-0.2, 0) is 9.59 Å². The summed E-state index contributed by atoms with van der Waals surface area (Å²) in [7, 11) is 0. The van der Waals surface area contributed by atoms with Gasteiger partial charge in [-0.25, -0.2) is 0 Å². The molecule has 0 radical (unpaired) electrons. The van der Waals surface area contributed by atoms with Crippen LogP contribution in [0.15, 0.2) is 0 Å². The number of carbonyl (C=O) groups excluding carboxylic acids is 2. The molecule has 0 bridgehead atoms. The summed E-state index contributed by atoms with van der Waals surface area (Å²) < 4.78 is 0. The first kappa shape index (κ1) is 16.0. The van der Waals surface area contributed by atoms with Gasteiger partial charge in [0.05, 0.1) is 6.54 Å². The fraction of sp³-hybridized carbons (Fsp3) is 0.857. The van der Waals surface area contributed by atoms with Crippen molar-refractivity contribution in [2.75, 3.05) is 26.2 Å². The van der Waals surface area contributed by atoms with Crippen LogP contribution in [0, 0.1) is 11.8 Å². The van der Waals surface area contributed by atoms with E-state index in [0.717, 1.165) is 19.5 Å². The first-order valence-corrected chi connectivity index (χ1v) is 7.25. The summed E-state index contributed by atoms with van der Waals surface area (Å²) in [5, 5.41) is 3.35. The lowest BCUT2D eigenvalue weighted by Gasteiger charge is -2.26. The molecule has 1 rings (SSSR count). The van der Waals surface area contributed by atoms with Gasteiger partial charge in [0.25, 0.3) is 0 Å². The summed E-state index contributed by atoms with van der Waals surface area (Å²) in [6.07, 6.45) is 3.81. The highest BCUT2D eigenvalue weighted by Gasteiger charge is 2.19. The quantitative estimate of drug-likeness (QED) is 0.715. The molecule has 19 heavy (non-hydrogen) atoms. The Kier molecular flexibility index (Phi) is 6.84. The number of amides is 2. The molecule has 3 N–H and O–H groups in total. The van der Waals surface area contributed by atoms with Crippen molar-refractivity contribution in [2.24, 2.45) is 17.6 Å². The first-order chi connectivity index (χ1) is 8.99. The molecule has 0 aliphatic carbocycles. The lowest BCUT2D eigenvalue weighted by atomic mass is 9.94. The van der Waals surface area contributed by atoms with Gasteiger partial charge in [0.15, 0.2) is 0 Å². The van der Waals surface area contributed by atoms with Gasteiger partial charge < -0.3 is 16.0 Å². The number of rotatable bonds is 7. The van der Waals surface area contributed by atoms with Crippen molar-refractivity contribution < 1.29 is 9.59 Å². The van der Waals surface area contributed by atoms with Crippen LogP contribution in [0.25, 0.3) is 0 Å². The SMILES string of the molecule is CC(C)CN(CC(N)=O)C(=O)CCC1CCCNC1. The fourth-order valence-electron chi connectivity index (χ4n) is 2.54. The number of hydrogen-bond acceptors (Lipinski definition) is 3. The largest absolute Gasteiger partial charge is 0.368 e. The summed E-state index contributed by atoms with van der Waals surface area (Å²) in [4.78, 5) is 24.8. The Hall–Kier alpha value is -1.10. The van der Waals surface area contributed by atoms with Crippen LogP contribution in [0.3, 0.4) is 0 Å². The molecule has 0 saturated carbocycles. The molecule has 0 aromatic carbocycles. The second-order valence-corrected chi connectivity index (χ2v) is 5.89. The Morgan fingerprint density at radius 1 is 1.42 bits per heavy atom. The maximum Gasteiger partial charge on any atom is 0.237 e. The van der Waals surface area contributed by atoms with Gasteiger partial charge in [-0.05, 0) is 44.2 Å². The summed E-state index contributed by atoms with van der Waals surface area (Å²) in [6, 6.07) is 0. The molecule has 1 saturated heterocycles. The molecule has 5 heteroatoms. The molecule has 2 amide bonds. The van der Waals surface area contributed by atoms with Crippen molar-refractivity contribution in [1.82, 2.24) is 10.2 Å². The van der Waals surface area contributed by atoms with E-state index < -0.39 is 5.91 Å². The van der Waals surface area contributed by atoms with Crippen LogP contribution in [-0.4, -0.2) is 42.9 Å². The van der Waals surface area contributed by atoms with Crippen LogP contribution in [0.4, 0.5) is 0 Å². The van der Waals surface area contributed by atoms with E-state index in [4.69, 9.17) is 5.73 Å². The van der Waals surface area contributed by atoms with E-state index in [2.05, 4.69) is 5.32 Å². The Morgan fingerprint density at radius 2 is 2.16 bits per heavy atom. The van der Waals surface area contributed by atoms with E-state index in [-0.39, 0.29) is 12.5 Å². The average molecular weight is 269 g/mol. The Labute approximate surface area is 115 Å². The lowest BCUT2D eigenvalue weighted by molar-refractivity contribution is -0.136. The molecule has 0 aromatic rings. The number of primary amides is 1. The minimum Gasteiger partial charge on any atom is -0.368 e. The van der Waals surface area contributed by atoms with E-state index in [0.29, 0.717) is 24.8 Å². The molecule has 1 unspecified atom stereocenters. The summed E-state index contributed by atoms with van der Waals surface area (Å²) in [6.45, 7) is 6.81. The zero-order valence-electron chi connectivity index (χ0n) is 12.2. The number of nitrogens with one attached hydrogen (secondary N) is 1. The van der Waals surface area contributed by atoms with Crippen LogP contribution >= 0.6 is 0 Å². The van der Waals surface area contributed by atoms with E-state index in [1.807, 2.05) is 13.8 Å². The van der Waals surface area contributed by atoms with Gasteiger partial charge in [-0.1, -0.05) is 13.8 Å². The van der Waals surface area contributed by atoms with Crippen LogP contribution in [0.1, 0.15) is 39.5 Å². The van der Waals surface area contributed by atoms with Crippen molar-refractivity contribution in [2.45, 2.75) is 39.5 Å². The van der Waals surface area contributed by atoms with Crippen molar-refractivity contribution >= 4 is 11.8 Å². The molecule has 1 heterocycles. The monoisotopic (exact) mass is 269 g/mol. The maximum atomic E-state index is 12.2. The predicted octanol–water partition coefficient (Wildman–Crippen LogP) is 0.736. The van der Waals surface area contributed by atoms with Gasteiger partial charge in [0.1, 0.15) is 0 Å². The fourth-order valence-corrected chi connectivity index (χ4v) is 2.54. The highest BCUT2D eigenvalue weighted by atomic mass is 16.2. The Morgan fingerprint density at radius 3 is 2.68 bits per heavy atom. The first-order valence-electron chi connectivity index (χ1n) is 7.25. The molecule has 1 fully saturated rings. The van der Waals surface area contributed by atoms with Crippen LogP contribution < -0.4 is 11.1 Å². The molecular formula is C14H27N3O2. The smallest absolute Gasteiger partial charge is 0.237 e. The third-order valence-corrected chi connectivity index (χ3v) is 3.45. The van der Waals surface area contributed by atoms with E-state index in [1.165, 1.54) is 12.8 Å². The normalized spacial score (nSPS) is 19.4. The van der Waals surface area contributed by atoms with E-state index >= 15 is 0 Å². The van der Waals surface area contributed by atoms with Gasteiger partial charge in [-0.3, -0.25) is 9.59 Å². The molecule has 1 aliphatic heterocycles. The summed E-state index contributed by atoms with van der Waals surface area (Å²) >= 11 is 0. The molecule has 0 spiro atoms. The van der Waals surface area contributed by atoms with Gasteiger partial charge in [0.2, 0.25) is 11.8 Å². The Bertz CT molecular complexity index is 299. The van der Waals surface area contributed by atoms with Crippen LogP contribution in [0.2, 0.25) is 0 Å². The molecule has 1 atom stereocenters. The number of piperidine rings is 1. The predicted molar refractivity (Wildman–Crippen MR) is 75.4 cm³/mol. The Balaban J connectivity index is 2.39. The van der Waals surface area contributed by atoms with Gasteiger partial charge >= 0.3 is 0 Å². The number of nitrogens with zero attached hydrogens (tertiary/aromatic N) is 1. The van der Waals surface area contributed by atoms with Crippen molar-refractivity contribution in [3.05, 3.63) is 0 Å². The molecule has 110 valence electrons. The average Bonchev–Trinajstić information content (AvgIpc) is 2.35. The lowest BCUT2D eigenvalue weighted by Crippen LogP contribution is -2.41. The number of hydrogen-bond donors (Lipinski definition) is 2. The highest BCUT2D eigenvalue weighted by molar-refractivity contribution is 5.83. The van der Waals surface area contributed by atoms with E-state index in [1.54, 1.807) is 4.90 Å². The summed E-state index contributed by atoms with van der Waals surface area (Å²) in [5.74, 6) is 0.554. The van der Waals surface area contributed by atoms with Crippen molar-refractivity contribution in [3.63, 3.8) is 0 Å². The van der Waals surface area contributed by atoms with E-state index in [9.17, 15) is 9.59 Å². The van der Waals surface area contributed by atoms with Crippen molar-refractivity contribution in [1.29, 1.82) is 0 Å². The zero-order chi connectivity index (χ0) is 14.3. The van der Waals surface area contributed by atoms with Crippen molar-refractivity contribution in [3.8, 4) is 0 Å². The highest BCUT2D eigenvalue weighted by Crippen LogP contribution is 2.16.